The molecule has 0 saturated heterocycles. The fraction of sp³-hybridized carbons (Fsp3) is 0. The van der Waals surface area contributed by atoms with Crippen molar-refractivity contribution in [3.8, 4) is 0 Å². The van der Waals surface area contributed by atoms with E-state index in [0.717, 1.165) is 0 Å². The third kappa shape index (κ3) is 2.37. The fourth-order valence-electron chi connectivity index (χ4n) is 0.654. The summed E-state index contributed by atoms with van der Waals surface area (Å²) in [5, 5.41) is 8.19. The Morgan fingerprint density at radius 1 is 1.27 bits per heavy atom. The molecule has 0 aliphatic rings. The highest BCUT2D eigenvalue weighted by Gasteiger charge is 1.99. The van der Waals surface area contributed by atoms with Gasteiger partial charge in [0.05, 0.1) is 0 Å². The highest BCUT2D eigenvalue weighted by atomic mass is 16.5. The molecule has 1 rings (SSSR count). The lowest BCUT2D eigenvalue weighted by molar-refractivity contribution is 0.0706. The molecule has 1 amide bonds. The van der Waals surface area contributed by atoms with Gasteiger partial charge in [0, 0.05) is 5.56 Å². The van der Waals surface area contributed by atoms with Crippen molar-refractivity contribution in [2.75, 3.05) is 0 Å². The van der Waals surface area contributed by atoms with E-state index in [0.29, 0.717) is 5.56 Å². The van der Waals surface area contributed by atoms with E-state index in [1.54, 1.807) is 35.8 Å². The Hall–Kier alpha value is -1.39. The van der Waals surface area contributed by atoms with Crippen LogP contribution in [0.25, 0.3) is 0 Å². The van der Waals surface area contributed by atoms with Crippen LogP contribution in [-0.4, -0.2) is 16.6 Å². The van der Waals surface area contributed by atoms with Crippen LogP contribution in [-0.2, 0) is 0 Å². The van der Waals surface area contributed by atoms with Crippen molar-refractivity contribution in [1.82, 2.24) is 5.48 Å². The number of rotatable bonds is 1. The normalized spacial score (nSPS) is 8.09. The van der Waals surface area contributed by atoms with E-state index in [-0.39, 0.29) is 5.48 Å². The van der Waals surface area contributed by atoms with Crippen LogP contribution in [0.3, 0.4) is 0 Å². The smallest absolute Gasteiger partial charge is 0.274 e. The van der Waals surface area contributed by atoms with E-state index >= 15 is 0 Å². The van der Waals surface area contributed by atoms with Crippen LogP contribution in [0, 0.1) is 0 Å². The van der Waals surface area contributed by atoms with E-state index in [9.17, 15) is 4.79 Å². The Balaban J connectivity index is 0.000001000. The first-order valence-corrected chi connectivity index (χ1v) is 2.84. The SMILES string of the molecule is O.O=C(NO)c1ccccc1. The van der Waals surface area contributed by atoms with E-state index in [1.807, 2.05) is 0 Å². The zero-order valence-corrected chi connectivity index (χ0v) is 5.74. The molecule has 0 aliphatic heterocycles. The van der Waals surface area contributed by atoms with Gasteiger partial charge in [0.15, 0.2) is 0 Å². The third-order valence-electron chi connectivity index (χ3n) is 1.14. The van der Waals surface area contributed by atoms with Crippen LogP contribution in [0.5, 0.6) is 0 Å². The van der Waals surface area contributed by atoms with Gasteiger partial charge in [-0.25, -0.2) is 5.48 Å². The van der Waals surface area contributed by atoms with Crippen LogP contribution in [0.15, 0.2) is 30.3 Å². The van der Waals surface area contributed by atoms with Gasteiger partial charge in [0.2, 0.25) is 0 Å². The predicted octanol–water partition coefficient (Wildman–Crippen LogP) is -0.0191. The summed E-state index contributed by atoms with van der Waals surface area (Å²) in [4.78, 5) is 10.7. The van der Waals surface area contributed by atoms with Crippen molar-refractivity contribution in [1.29, 1.82) is 0 Å². The third-order valence-corrected chi connectivity index (χ3v) is 1.14. The molecule has 0 aliphatic carbocycles. The minimum atomic E-state index is -0.486. The van der Waals surface area contributed by atoms with E-state index in [1.165, 1.54) is 0 Å². The van der Waals surface area contributed by atoms with Crippen LogP contribution in [0.4, 0.5) is 0 Å². The summed E-state index contributed by atoms with van der Waals surface area (Å²) in [7, 11) is 0. The van der Waals surface area contributed by atoms with Gasteiger partial charge in [-0.1, -0.05) is 18.2 Å². The lowest BCUT2D eigenvalue weighted by Crippen LogP contribution is -2.18. The lowest BCUT2D eigenvalue weighted by atomic mass is 10.2. The van der Waals surface area contributed by atoms with Crippen LogP contribution in [0.1, 0.15) is 10.4 Å². The maximum Gasteiger partial charge on any atom is 0.274 e. The number of hydrogen-bond acceptors (Lipinski definition) is 2. The lowest BCUT2D eigenvalue weighted by Gasteiger charge is -1.94. The molecule has 0 radical (unpaired) electrons. The minimum Gasteiger partial charge on any atom is -0.412 e. The van der Waals surface area contributed by atoms with Gasteiger partial charge < -0.3 is 5.48 Å². The van der Waals surface area contributed by atoms with Gasteiger partial charge in [-0.15, -0.1) is 0 Å². The molecule has 1 aromatic rings. The first kappa shape index (κ1) is 9.61. The summed E-state index contributed by atoms with van der Waals surface area (Å²) < 4.78 is 0. The molecule has 0 heterocycles. The molecule has 4 heteroatoms. The van der Waals surface area contributed by atoms with Gasteiger partial charge in [-0.2, -0.15) is 0 Å². The van der Waals surface area contributed by atoms with Gasteiger partial charge in [0.1, 0.15) is 0 Å². The Morgan fingerprint density at radius 2 is 1.82 bits per heavy atom. The summed E-state index contributed by atoms with van der Waals surface area (Å²) in [6.07, 6.45) is 0. The van der Waals surface area contributed by atoms with Gasteiger partial charge in [0.25, 0.3) is 5.91 Å². The van der Waals surface area contributed by atoms with Crippen molar-refractivity contribution < 1.29 is 15.5 Å². The first-order valence-electron chi connectivity index (χ1n) is 2.84. The Kier molecular flexibility index (Phi) is 3.87. The summed E-state index contributed by atoms with van der Waals surface area (Å²) in [6.45, 7) is 0. The fourth-order valence-corrected chi connectivity index (χ4v) is 0.654. The minimum absolute atomic E-state index is 0. The van der Waals surface area contributed by atoms with Gasteiger partial charge in [-0.3, -0.25) is 10.0 Å². The molecule has 11 heavy (non-hydrogen) atoms. The molecule has 60 valence electrons. The van der Waals surface area contributed by atoms with Crippen molar-refractivity contribution >= 4 is 5.91 Å². The van der Waals surface area contributed by atoms with E-state index in [2.05, 4.69) is 0 Å². The summed E-state index contributed by atoms with van der Waals surface area (Å²) in [6, 6.07) is 8.49. The Labute approximate surface area is 63.7 Å². The summed E-state index contributed by atoms with van der Waals surface area (Å²) in [5.41, 5.74) is 1.99. The Bertz CT molecular complexity index is 222. The number of nitrogens with one attached hydrogen (secondary N) is 1. The second kappa shape index (κ2) is 4.43. The van der Waals surface area contributed by atoms with E-state index in [4.69, 9.17) is 5.21 Å². The number of benzene rings is 1. The zero-order valence-electron chi connectivity index (χ0n) is 5.74. The molecule has 0 atom stereocenters. The van der Waals surface area contributed by atoms with Crippen LogP contribution < -0.4 is 5.48 Å². The molecule has 4 N–H and O–H groups in total. The topological polar surface area (TPSA) is 80.8 Å². The monoisotopic (exact) mass is 155 g/mol. The molecule has 0 unspecified atom stereocenters. The number of hydrogen-bond donors (Lipinski definition) is 2. The van der Waals surface area contributed by atoms with Crippen LogP contribution >= 0.6 is 0 Å². The molecule has 0 bridgehead atoms. The molecule has 1 aromatic carbocycles. The predicted molar refractivity (Wildman–Crippen MR) is 39.3 cm³/mol. The van der Waals surface area contributed by atoms with Crippen LogP contribution in [0.2, 0.25) is 0 Å². The molecular formula is C7H9NO3. The number of carbonyl (C=O) groups excluding carboxylic acids is 1. The van der Waals surface area contributed by atoms with Crippen molar-refractivity contribution in [2.45, 2.75) is 0 Å². The highest BCUT2D eigenvalue weighted by Crippen LogP contribution is 1.96. The quantitative estimate of drug-likeness (QED) is 0.441. The number of amides is 1. The van der Waals surface area contributed by atoms with E-state index < -0.39 is 5.91 Å². The molecule has 4 nitrogen and oxygen atoms in total. The maximum absolute atomic E-state index is 10.7. The summed E-state index contributed by atoms with van der Waals surface area (Å²) >= 11 is 0. The van der Waals surface area contributed by atoms with Gasteiger partial charge in [-0.05, 0) is 12.1 Å². The molecule has 0 fully saturated rings. The standard InChI is InChI=1S/C7H7NO2.H2O/c9-7(8-10)6-4-2-1-3-5-6;/h1-5,10H,(H,8,9);1H2. The molecular weight excluding hydrogens is 146 g/mol. The van der Waals surface area contributed by atoms with Crippen molar-refractivity contribution in [3.05, 3.63) is 35.9 Å². The molecule has 0 aromatic heterocycles. The Morgan fingerprint density at radius 3 is 2.27 bits per heavy atom. The zero-order chi connectivity index (χ0) is 7.40. The van der Waals surface area contributed by atoms with Crippen molar-refractivity contribution in [2.24, 2.45) is 0 Å². The first-order chi connectivity index (χ1) is 4.84. The summed E-state index contributed by atoms with van der Waals surface area (Å²) in [5.74, 6) is -0.486. The van der Waals surface area contributed by atoms with Crippen molar-refractivity contribution in [3.63, 3.8) is 0 Å². The maximum atomic E-state index is 10.7. The van der Waals surface area contributed by atoms with Gasteiger partial charge >= 0.3 is 0 Å². The average Bonchev–Trinajstić information content (AvgIpc) is 2.05. The molecule has 0 spiro atoms. The largest absolute Gasteiger partial charge is 0.412 e. The second-order valence-electron chi connectivity index (χ2n) is 1.81. The molecule has 0 saturated carbocycles. The number of hydroxylamine groups is 1. The average molecular weight is 155 g/mol. The second-order valence-corrected chi connectivity index (χ2v) is 1.81. The number of carbonyl (C=O) groups is 1. The highest BCUT2D eigenvalue weighted by molar-refractivity contribution is 5.93.